The number of amides is 2. The van der Waals surface area contributed by atoms with Gasteiger partial charge in [0.05, 0.1) is 23.0 Å². The summed E-state index contributed by atoms with van der Waals surface area (Å²) in [5.41, 5.74) is 1.95. The minimum absolute atomic E-state index is 0.0591. The van der Waals surface area contributed by atoms with Gasteiger partial charge in [-0.3, -0.25) is 19.4 Å². The number of hydrogen-bond donors (Lipinski definition) is 2. The number of nitrogens with zero attached hydrogens (tertiary/aromatic N) is 2. The molecule has 0 unspecified atom stereocenters. The number of imide groups is 1. The smallest absolute Gasteiger partial charge is 0.233 e. The number of likely N-dealkylation sites (tertiary alicyclic amines) is 2. The number of aliphatic hydroxyl groups is 1. The summed E-state index contributed by atoms with van der Waals surface area (Å²) in [5, 5.41) is 22.2. The Hall–Kier alpha value is -2.45. The summed E-state index contributed by atoms with van der Waals surface area (Å²) in [6.07, 6.45) is 3.44. The first-order valence-electron chi connectivity index (χ1n) is 14.3. The third-order valence-corrected chi connectivity index (χ3v) is 9.86. The SMILES string of the molecule is CCC[C@H]1C[C@@H]2C(=O)N(C3CCN(Cc4ccccc4)CC3)C(=O)[C@@H]2[C@@H]2C[C@@H](c3ccc(O)cc3Cl)O[C@]12O. The number of carbonyl (C=O) groups excluding carboxylic acids is 2. The summed E-state index contributed by atoms with van der Waals surface area (Å²) in [6, 6.07) is 15.0. The highest BCUT2D eigenvalue weighted by molar-refractivity contribution is 6.31. The number of carbonyl (C=O) groups is 2. The number of halogens is 1. The first kappa shape index (κ1) is 26.8. The maximum absolute atomic E-state index is 14.0. The van der Waals surface area contributed by atoms with E-state index in [2.05, 4.69) is 24.0 Å². The van der Waals surface area contributed by atoms with Crippen molar-refractivity contribution < 1.29 is 24.5 Å². The molecule has 39 heavy (non-hydrogen) atoms. The predicted molar refractivity (Wildman–Crippen MR) is 147 cm³/mol. The van der Waals surface area contributed by atoms with Crippen molar-refractivity contribution in [2.45, 2.75) is 69.9 Å². The number of fused-ring (bicyclic) bond motifs is 3. The van der Waals surface area contributed by atoms with Crippen LogP contribution in [0.4, 0.5) is 0 Å². The van der Waals surface area contributed by atoms with Gasteiger partial charge in [-0.1, -0.05) is 61.3 Å². The molecule has 2 amide bonds. The molecule has 0 bridgehead atoms. The number of rotatable bonds is 6. The summed E-state index contributed by atoms with van der Waals surface area (Å²) in [4.78, 5) is 31.8. The van der Waals surface area contributed by atoms with Gasteiger partial charge in [-0.15, -0.1) is 0 Å². The normalized spacial score (nSPS) is 33.4. The van der Waals surface area contributed by atoms with Crippen LogP contribution >= 0.6 is 11.6 Å². The maximum atomic E-state index is 14.0. The standard InChI is InChI=1S/C31H37ClN2O5/c1-2-6-20-15-24-28(25-17-27(39-31(20,25)38)23-10-9-22(35)16-26(23)32)30(37)34(29(24)36)21-11-13-33(14-12-21)18-19-7-4-3-5-8-19/h3-5,7-10,16,20-21,24-25,27-28,35,38H,2,6,11-15,17-18H2,1H3/t20-,24-,25-,27-,28-,31+/m0/s1. The van der Waals surface area contributed by atoms with Crippen LogP contribution in [0.5, 0.6) is 5.75 Å². The Bertz CT molecular complexity index is 1230. The van der Waals surface area contributed by atoms with Crippen LogP contribution in [0.2, 0.25) is 5.02 Å². The fourth-order valence-electron chi connectivity index (χ4n) is 7.69. The number of phenols is 1. The van der Waals surface area contributed by atoms with E-state index in [9.17, 15) is 19.8 Å². The number of aromatic hydroxyl groups is 1. The molecule has 0 spiro atoms. The number of phenolic OH excluding ortho intramolecular Hbond substituents is 1. The maximum Gasteiger partial charge on any atom is 0.233 e. The molecule has 7 nitrogen and oxygen atoms in total. The molecular weight excluding hydrogens is 516 g/mol. The van der Waals surface area contributed by atoms with Crippen molar-refractivity contribution in [2.75, 3.05) is 13.1 Å². The Balaban J connectivity index is 1.22. The zero-order valence-corrected chi connectivity index (χ0v) is 23.1. The second-order valence-corrected chi connectivity index (χ2v) is 12.2. The summed E-state index contributed by atoms with van der Waals surface area (Å²) in [6.45, 7) is 4.60. The van der Waals surface area contributed by atoms with Gasteiger partial charge in [0, 0.05) is 37.5 Å². The zero-order chi connectivity index (χ0) is 27.3. The molecular formula is C31H37ClN2O5. The largest absolute Gasteiger partial charge is 0.508 e. The summed E-state index contributed by atoms with van der Waals surface area (Å²) in [5.74, 6) is -3.37. The molecule has 4 aliphatic rings. The third kappa shape index (κ3) is 4.67. The van der Waals surface area contributed by atoms with Crippen LogP contribution in [-0.2, 0) is 20.9 Å². The van der Waals surface area contributed by atoms with Crippen LogP contribution in [0.25, 0.3) is 0 Å². The molecule has 2 aromatic carbocycles. The molecule has 3 saturated heterocycles. The van der Waals surface area contributed by atoms with Crippen LogP contribution in [-0.4, -0.2) is 56.7 Å². The Morgan fingerprint density at radius 2 is 1.79 bits per heavy atom. The van der Waals surface area contributed by atoms with E-state index in [0.717, 1.165) is 38.9 Å². The van der Waals surface area contributed by atoms with Crippen LogP contribution < -0.4 is 0 Å². The molecule has 0 aromatic heterocycles. The van der Waals surface area contributed by atoms with E-state index >= 15 is 0 Å². The second kappa shape index (κ2) is 10.5. The number of piperidine rings is 1. The lowest BCUT2D eigenvalue weighted by atomic mass is 9.63. The van der Waals surface area contributed by atoms with Gasteiger partial charge in [-0.2, -0.15) is 0 Å². The van der Waals surface area contributed by atoms with Crippen LogP contribution in [0.15, 0.2) is 48.5 Å². The van der Waals surface area contributed by atoms with E-state index < -0.39 is 29.6 Å². The van der Waals surface area contributed by atoms with Crippen molar-refractivity contribution in [3.05, 3.63) is 64.7 Å². The van der Waals surface area contributed by atoms with Crippen molar-refractivity contribution in [1.29, 1.82) is 0 Å². The molecule has 6 rings (SSSR count). The molecule has 208 valence electrons. The highest BCUT2D eigenvalue weighted by Gasteiger charge is 2.67. The van der Waals surface area contributed by atoms with Gasteiger partial charge in [-0.25, -0.2) is 0 Å². The predicted octanol–water partition coefficient (Wildman–Crippen LogP) is 4.90. The van der Waals surface area contributed by atoms with Crippen LogP contribution in [0.1, 0.15) is 62.7 Å². The fraction of sp³-hybridized carbons (Fsp3) is 0.548. The second-order valence-electron chi connectivity index (χ2n) is 11.8. The number of ether oxygens (including phenoxy) is 1. The van der Waals surface area contributed by atoms with Gasteiger partial charge in [-0.05, 0) is 55.4 Å². The van der Waals surface area contributed by atoms with Gasteiger partial charge in [0.2, 0.25) is 11.8 Å². The Labute approximate surface area is 234 Å². The van der Waals surface area contributed by atoms with Crippen molar-refractivity contribution in [3.63, 3.8) is 0 Å². The lowest BCUT2D eigenvalue weighted by molar-refractivity contribution is -0.270. The molecule has 3 heterocycles. The molecule has 3 aliphatic heterocycles. The quantitative estimate of drug-likeness (QED) is 0.496. The Kier molecular flexibility index (Phi) is 7.21. The van der Waals surface area contributed by atoms with Crippen molar-refractivity contribution in [1.82, 2.24) is 9.80 Å². The monoisotopic (exact) mass is 552 g/mol. The molecule has 6 atom stereocenters. The molecule has 1 aliphatic carbocycles. The fourth-order valence-corrected chi connectivity index (χ4v) is 7.99. The van der Waals surface area contributed by atoms with Gasteiger partial charge in [0.15, 0.2) is 5.79 Å². The summed E-state index contributed by atoms with van der Waals surface area (Å²) < 4.78 is 6.37. The van der Waals surface area contributed by atoms with E-state index in [4.69, 9.17) is 16.3 Å². The van der Waals surface area contributed by atoms with E-state index in [1.165, 1.54) is 11.6 Å². The van der Waals surface area contributed by atoms with Crippen molar-refractivity contribution in [2.24, 2.45) is 23.7 Å². The van der Waals surface area contributed by atoms with E-state index in [-0.39, 0.29) is 29.5 Å². The number of hydrogen-bond acceptors (Lipinski definition) is 6. The topological polar surface area (TPSA) is 90.3 Å². The van der Waals surface area contributed by atoms with Gasteiger partial charge < -0.3 is 14.9 Å². The van der Waals surface area contributed by atoms with Crippen LogP contribution in [0.3, 0.4) is 0 Å². The van der Waals surface area contributed by atoms with Crippen LogP contribution in [0, 0.1) is 23.7 Å². The summed E-state index contributed by atoms with van der Waals surface area (Å²) in [7, 11) is 0. The van der Waals surface area contributed by atoms with Gasteiger partial charge >= 0.3 is 0 Å². The van der Waals surface area contributed by atoms with E-state index in [0.29, 0.717) is 29.8 Å². The highest BCUT2D eigenvalue weighted by atomic mass is 35.5. The minimum Gasteiger partial charge on any atom is -0.508 e. The molecule has 8 heteroatoms. The summed E-state index contributed by atoms with van der Waals surface area (Å²) >= 11 is 6.45. The van der Waals surface area contributed by atoms with Gasteiger partial charge in [0.25, 0.3) is 0 Å². The van der Waals surface area contributed by atoms with Gasteiger partial charge in [0.1, 0.15) is 5.75 Å². The zero-order valence-electron chi connectivity index (χ0n) is 22.3. The average molecular weight is 553 g/mol. The van der Waals surface area contributed by atoms with E-state index in [1.54, 1.807) is 17.0 Å². The molecule has 4 fully saturated rings. The highest BCUT2D eigenvalue weighted by Crippen LogP contribution is 2.59. The first-order valence-corrected chi connectivity index (χ1v) is 14.7. The minimum atomic E-state index is -1.49. The Morgan fingerprint density at radius 3 is 2.49 bits per heavy atom. The Morgan fingerprint density at radius 1 is 1.05 bits per heavy atom. The molecule has 2 N–H and O–H groups in total. The average Bonchev–Trinajstić information content (AvgIpc) is 3.39. The van der Waals surface area contributed by atoms with E-state index in [1.807, 2.05) is 18.2 Å². The number of benzene rings is 2. The third-order valence-electron chi connectivity index (χ3n) is 9.54. The lowest BCUT2D eigenvalue weighted by Crippen LogP contribution is -2.53. The molecule has 2 aromatic rings. The van der Waals surface area contributed by atoms with Crippen molar-refractivity contribution in [3.8, 4) is 5.75 Å². The molecule has 1 saturated carbocycles. The first-order chi connectivity index (χ1) is 18.8. The van der Waals surface area contributed by atoms with Crippen molar-refractivity contribution >= 4 is 23.4 Å². The molecule has 0 radical (unpaired) electrons. The lowest BCUT2D eigenvalue weighted by Gasteiger charge is -2.44.